The number of aliphatic hydroxyl groups excluding tert-OH is 1. The van der Waals surface area contributed by atoms with Crippen molar-refractivity contribution in [1.29, 1.82) is 0 Å². The van der Waals surface area contributed by atoms with Crippen LogP contribution in [0.3, 0.4) is 0 Å². The molecule has 0 heterocycles. The lowest BCUT2D eigenvalue weighted by molar-refractivity contribution is -0.185. The molecule has 6 unspecified atom stereocenters. The zero-order valence-electron chi connectivity index (χ0n) is 14.0. The topological polar surface area (TPSA) is 129 Å². The zero-order valence-corrected chi connectivity index (χ0v) is 14.0. The van der Waals surface area contributed by atoms with Gasteiger partial charge in [0.2, 0.25) is 0 Å². The van der Waals surface area contributed by atoms with Crippen molar-refractivity contribution < 1.29 is 34.5 Å². The average molecular weight is 358 g/mol. The van der Waals surface area contributed by atoms with Gasteiger partial charge in [-0.25, -0.2) is 0 Å². The first-order chi connectivity index (χ1) is 12.2. The number of aromatic hydroxyl groups is 1. The van der Waals surface area contributed by atoms with Crippen molar-refractivity contribution in [3.05, 3.63) is 29.3 Å². The third-order valence-electron chi connectivity index (χ3n) is 6.29. The Bertz CT molecular complexity index is 873. The molecule has 1 aromatic rings. The molecule has 2 saturated carbocycles. The first kappa shape index (κ1) is 17.1. The van der Waals surface area contributed by atoms with E-state index in [1.807, 2.05) is 0 Å². The van der Waals surface area contributed by atoms with Crippen LogP contribution >= 0.6 is 0 Å². The number of phenols is 1. The molecule has 0 bridgehead atoms. The number of aliphatic hydroxyl groups is 2. The molecule has 7 nitrogen and oxygen atoms in total. The average Bonchev–Trinajstić information content (AvgIpc) is 2.58. The van der Waals surface area contributed by atoms with Gasteiger partial charge in [-0.2, -0.15) is 0 Å². The number of carbonyl (C=O) groups is 4. The second-order valence-corrected chi connectivity index (χ2v) is 7.52. The molecular formula is C19H18O7. The Morgan fingerprint density at radius 2 is 1.85 bits per heavy atom. The summed E-state index contributed by atoms with van der Waals surface area (Å²) in [4.78, 5) is 50.2. The van der Waals surface area contributed by atoms with Crippen molar-refractivity contribution in [1.82, 2.24) is 0 Å². The summed E-state index contributed by atoms with van der Waals surface area (Å²) in [7, 11) is 0. The molecule has 0 aromatic heterocycles. The van der Waals surface area contributed by atoms with Crippen LogP contribution in [0, 0.1) is 17.8 Å². The number of Topliss-reactive ketones (excluding diaryl/α,β-unsaturated/α-hetero) is 4. The van der Waals surface area contributed by atoms with E-state index in [4.69, 9.17) is 0 Å². The third kappa shape index (κ3) is 1.90. The first-order valence-corrected chi connectivity index (χ1v) is 8.55. The minimum atomic E-state index is -2.54. The van der Waals surface area contributed by atoms with Gasteiger partial charge in [0.15, 0.2) is 23.0 Å². The summed E-state index contributed by atoms with van der Waals surface area (Å²) in [6.45, 7) is 1.72. The van der Waals surface area contributed by atoms with Crippen LogP contribution in [-0.4, -0.2) is 50.2 Å². The normalized spacial score (nSPS) is 39.3. The Hall–Kier alpha value is -2.38. The molecule has 0 radical (unpaired) electrons. The number of rotatable bonds is 0. The van der Waals surface area contributed by atoms with Gasteiger partial charge in [-0.1, -0.05) is 19.1 Å². The van der Waals surface area contributed by atoms with Gasteiger partial charge >= 0.3 is 0 Å². The van der Waals surface area contributed by atoms with Gasteiger partial charge in [0, 0.05) is 18.3 Å². The van der Waals surface area contributed by atoms with Gasteiger partial charge < -0.3 is 15.3 Å². The van der Waals surface area contributed by atoms with Crippen molar-refractivity contribution in [2.45, 2.75) is 37.4 Å². The Kier molecular flexibility index (Phi) is 3.48. The van der Waals surface area contributed by atoms with Crippen LogP contribution in [0.15, 0.2) is 18.2 Å². The third-order valence-corrected chi connectivity index (χ3v) is 6.29. The number of carbonyl (C=O) groups excluding carboxylic acids is 4. The minimum Gasteiger partial charge on any atom is -0.507 e. The van der Waals surface area contributed by atoms with E-state index in [9.17, 15) is 34.5 Å². The second-order valence-electron chi connectivity index (χ2n) is 7.52. The molecule has 4 rings (SSSR count). The molecule has 3 N–H and O–H groups in total. The maximum absolute atomic E-state index is 13.1. The monoisotopic (exact) mass is 358 g/mol. The van der Waals surface area contributed by atoms with Gasteiger partial charge in [0.1, 0.15) is 11.5 Å². The fraction of sp³-hybridized carbons (Fsp3) is 0.474. The predicted octanol–water partition coefficient (Wildman–Crippen LogP) is 0.147. The van der Waals surface area contributed by atoms with E-state index in [1.165, 1.54) is 6.07 Å². The van der Waals surface area contributed by atoms with Crippen molar-refractivity contribution in [2.24, 2.45) is 17.8 Å². The molecule has 0 spiro atoms. The molecule has 26 heavy (non-hydrogen) atoms. The van der Waals surface area contributed by atoms with Gasteiger partial charge in [-0.15, -0.1) is 0 Å². The van der Waals surface area contributed by atoms with Crippen LogP contribution in [0.5, 0.6) is 5.75 Å². The summed E-state index contributed by atoms with van der Waals surface area (Å²) in [6.07, 6.45) is -2.24. The smallest absolute Gasteiger partial charge is 0.188 e. The van der Waals surface area contributed by atoms with Crippen molar-refractivity contribution in [2.75, 3.05) is 0 Å². The van der Waals surface area contributed by atoms with Crippen LogP contribution in [0.2, 0.25) is 0 Å². The maximum atomic E-state index is 13.1. The minimum absolute atomic E-state index is 0.0109. The van der Waals surface area contributed by atoms with Crippen LogP contribution < -0.4 is 0 Å². The Morgan fingerprint density at radius 3 is 2.54 bits per heavy atom. The lowest BCUT2D eigenvalue weighted by Crippen LogP contribution is -2.69. The first-order valence-electron chi connectivity index (χ1n) is 8.55. The van der Waals surface area contributed by atoms with E-state index in [1.54, 1.807) is 19.1 Å². The molecule has 7 heteroatoms. The summed E-state index contributed by atoms with van der Waals surface area (Å²) in [5, 5.41) is 31.8. The summed E-state index contributed by atoms with van der Waals surface area (Å²) in [5.41, 5.74) is -2.05. The van der Waals surface area contributed by atoms with Gasteiger partial charge in [-0.3, -0.25) is 19.2 Å². The highest BCUT2D eigenvalue weighted by Gasteiger charge is 2.67. The fourth-order valence-corrected chi connectivity index (χ4v) is 5.00. The quantitative estimate of drug-likeness (QED) is 0.563. The largest absolute Gasteiger partial charge is 0.507 e. The van der Waals surface area contributed by atoms with E-state index in [2.05, 4.69) is 0 Å². The number of phenolic OH excluding ortho intramolecular Hbond substituents is 1. The van der Waals surface area contributed by atoms with Crippen molar-refractivity contribution in [3.8, 4) is 5.75 Å². The number of hydrogen-bond donors (Lipinski definition) is 3. The molecular weight excluding hydrogens is 340 g/mol. The Labute approximate surface area is 148 Å². The summed E-state index contributed by atoms with van der Waals surface area (Å²) < 4.78 is 0. The molecule has 3 aliphatic rings. The molecule has 1 aromatic carbocycles. The predicted molar refractivity (Wildman–Crippen MR) is 86.5 cm³/mol. The van der Waals surface area contributed by atoms with E-state index < -0.39 is 64.9 Å². The molecule has 2 fully saturated rings. The van der Waals surface area contributed by atoms with E-state index >= 15 is 0 Å². The van der Waals surface area contributed by atoms with Gasteiger partial charge in [-0.05, 0) is 17.5 Å². The lowest BCUT2D eigenvalue weighted by Gasteiger charge is -2.52. The number of benzene rings is 1. The molecule has 6 atom stereocenters. The molecule has 3 aliphatic carbocycles. The summed E-state index contributed by atoms with van der Waals surface area (Å²) in [6, 6.07) is 4.54. The van der Waals surface area contributed by atoms with E-state index in [-0.39, 0.29) is 17.7 Å². The van der Waals surface area contributed by atoms with Crippen LogP contribution in [0.1, 0.15) is 41.6 Å². The zero-order chi connectivity index (χ0) is 19.0. The Morgan fingerprint density at radius 1 is 1.15 bits per heavy atom. The van der Waals surface area contributed by atoms with Crippen LogP contribution in [0.4, 0.5) is 0 Å². The Balaban J connectivity index is 1.91. The molecule has 0 amide bonds. The number of ketones is 4. The number of fused-ring (bicyclic) bond motifs is 3. The molecule has 136 valence electrons. The van der Waals surface area contributed by atoms with Crippen LogP contribution in [-0.2, 0) is 14.4 Å². The van der Waals surface area contributed by atoms with Crippen molar-refractivity contribution in [3.63, 3.8) is 0 Å². The standard InChI is InChI=1S/C19H18O7/c1-7-9-3-2-4-11(21)14(9)17(24)15-13(7)16(23)10-5-8(20)6-12(22)19(10,26)18(15)25/h2-4,7,10,13,15-16,21,23,26H,5-6H2,1H3. The SMILES string of the molecule is CC1c2cccc(O)c2C(=O)C2C(=O)C3(O)C(=O)CC(=O)CC3C(O)C21. The highest BCUT2D eigenvalue weighted by atomic mass is 16.3. The number of hydrogen-bond acceptors (Lipinski definition) is 7. The second kappa shape index (κ2) is 5.31. The fourth-order valence-electron chi connectivity index (χ4n) is 5.00. The highest BCUT2D eigenvalue weighted by Crippen LogP contribution is 2.53. The molecule has 0 aliphatic heterocycles. The highest BCUT2D eigenvalue weighted by molar-refractivity contribution is 6.25. The van der Waals surface area contributed by atoms with Crippen LogP contribution in [0.25, 0.3) is 0 Å². The van der Waals surface area contributed by atoms with E-state index in [0.29, 0.717) is 5.56 Å². The lowest BCUT2D eigenvalue weighted by atomic mass is 9.52. The maximum Gasteiger partial charge on any atom is 0.188 e. The van der Waals surface area contributed by atoms with Crippen molar-refractivity contribution >= 4 is 23.1 Å². The van der Waals surface area contributed by atoms with Gasteiger partial charge in [0.25, 0.3) is 0 Å². The van der Waals surface area contributed by atoms with Gasteiger partial charge in [0.05, 0.1) is 24.0 Å². The summed E-state index contributed by atoms with van der Waals surface area (Å²) in [5.74, 6) is -7.39. The summed E-state index contributed by atoms with van der Waals surface area (Å²) >= 11 is 0. The van der Waals surface area contributed by atoms with E-state index in [0.717, 1.165) is 0 Å². The molecule has 0 saturated heterocycles.